The normalized spacial score (nSPS) is 11.9. The number of alkyl halides is 5. The Morgan fingerprint density at radius 1 is 1.12 bits per heavy atom. The number of nitrogens with two attached hydrogens (primary N) is 1. The molecule has 3 N–H and O–H groups in total. The summed E-state index contributed by atoms with van der Waals surface area (Å²) in [7, 11) is 0. The van der Waals surface area contributed by atoms with Crippen LogP contribution in [0.4, 0.5) is 18.9 Å². The smallest absolute Gasteiger partial charge is 0.324 e. The number of halogens is 6. The highest BCUT2D eigenvalue weighted by Gasteiger charge is 2.55. The van der Waals surface area contributed by atoms with E-state index < -0.39 is 16.1 Å². The van der Waals surface area contributed by atoms with Gasteiger partial charge in [0.15, 0.2) is 0 Å². The predicted molar refractivity (Wildman–Crippen MR) is 60.9 cm³/mol. The van der Waals surface area contributed by atoms with E-state index in [-0.39, 0.29) is 18.1 Å². The van der Waals surface area contributed by atoms with Crippen LogP contribution in [0, 0.1) is 0 Å². The molecular formula is C8H8Cl3F3N2. The standard InChI is InChI=1S/C8H7Cl2F3N2.ClH/c9-8(10,13)7(11,12)5-3-1-2-4-6(5)15-14;/h1-4,15H,14H2;1H. The molecule has 0 bridgehead atoms. The van der Waals surface area contributed by atoms with Gasteiger partial charge >= 0.3 is 10.5 Å². The van der Waals surface area contributed by atoms with Gasteiger partial charge in [0.2, 0.25) is 0 Å². The van der Waals surface area contributed by atoms with Gasteiger partial charge in [0.25, 0.3) is 0 Å². The second-order valence-electron chi connectivity index (χ2n) is 2.76. The molecule has 0 aromatic heterocycles. The van der Waals surface area contributed by atoms with Crippen LogP contribution in [0.5, 0.6) is 0 Å². The van der Waals surface area contributed by atoms with E-state index in [1.54, 1.807) is 0 Å². The summed E-state index contributed by atoms with van der Waals surface area (Å²) in [6.07, 6.45) is 0. The largest absolute Gasteiger partial charge is 0.336 e. The Morgan fingerprint density at radius 2 is 1.62 bits per heavy atom. The van der Waals surface area contributed by atoms with Crippen molar-refractivity contribution in [2.24, 2.45) is 5.84 Å². The molecule has 0 aliphatic rings. The van der Waals surface area contributed by atoms with Gasteiger partial charge in [-0.3, -0.25) is 5.84 Å². The summed E-state index contributed by atoms with van der Waals surface area (Å²) >= 11 is 9.54. The Balaban J connectivity index is 0.00000225. The summed E-state index contributed by atoms with van der Waals surface area (Å²) in [4.78, 5) is 0. The van der Waals surface area contributed by atoms with E-state index in [0.717, 1.165) is 6.07 Å². The number of rotatable bonds is 3. The minimum Gasteiger partial charge on any atom is -0.324 e. The third-order valence-corrected chi connectivity index (χ3v) is 2.25. The van der Waals surface area contributed by atoms with Crippen LogP contribution in [0.1, 0.15) is 5.56 Å². The van der Waals surface area contributed by atoms with Crippen molar-refractivity contribution in [3.63, 3.8) is 0 Å². The fraction of sp³-hybridized carbons (Fsp3) is 0.250. The molecule has 0 spiro atoms. The van der Waals surface area contributed by atoms with Crippen molar-refractivity contribution in [2.45, 2.75) is 10.5 Å². The van der Waals surface area contributed by atoms with Crippen molar-refractivity contribution in [1.82, 2.24) is 0 Å². The Bertz CT molecular complexity index is 355. The molecule has 1 rings (SSSR count). The van der Waals surface area contributed by atoms with Gasteiger partial charge in [0.05, 0.1) is 11.3 Å². The zero-order valence-corrected chi connectivity index (χ0v) is 10.0. The second kappa shape index (κ2) is 5.31. The van der Waals surface area contributed by atoms with E-state index in [0.29, 0.717) is 0 Å². The second-order valence-corrected chi connectivity index (χ2v) is 4.00. The minimum absolute atomic E-state index is 0. The van der Waals surface area contributed by atoms with Crippen molar-refractivity contribution in [3.8, 4) is 0 Å². The number of benzene rings is 1. The van der Waals surface area contributed by atoms with Crippen molar-refractivity contribution in [2.75, 3.05) is 5.43 Å². The van der Waals surface area contributed by atoms with Gasteiger partial charge in [-0.1, -0.05) is 41.4 Å². The summed E-state index contributed by atoms with van der Waals surface area (Å²) in [5, 5.41) is 0. The van der Waals surface area contributed by atoms with Crippen molar-refractivity contribution >= 4 is 41.3 Å². The summed E-state index contributed by atoms with van der Waals surface area (Å²) in [5.74, 6) is 0.942. The van der Waals surface area contributed by atoms with Crippen molar-refractivity contribution in [1.29, 1.82) is 0 Å². The first-order valence-corrected chi connectivity index (χ1v) is 4.57. The maximum Gasteiger partial charge on any atom is 0.336 e. The average molecular weight is 296 g/mol. The molecule has 0 aliphatic heterocycles. The summed E-state index contributed by atoms with van der Waals surface area (Å²) in [6.45, 7) is 0. The quantitative estimate of drug-likeness (QED) is 0.508. The topological polar surface area (TPSA) is 38.0 Å². The number of hydrazine groups is 1. The molecule has 0 saturated carbocycles. The highest BCUT2D eigenvalue weighted by Crippen LogP contribution is 2.49. The zero-order chi connectivity index (χ0) is 11.7. The van der Waals surface area contributed by atoms with Gasteiger partial charge in [-0.25, -0.2) is 4.39 Å². The molecule has 0 aliphatic carbocycles. The molecule has 16 heavy (non-hydrogen) atoms. The first-order valence-electron chi connectivity index (χ1n) is 3.81. The molecule has 1 aromatic rings. The van der Waals surface area contributed by atoms with Gasteiger partial charge in [-0.05, 0) is 6.07 Å². The third kappa shape index (κ3) is 2.85. The number of hydrogen-bond donors (Lipinski definition) is 2. The lowest BCUT2D eigenvalue weighted by molar-refractivity contribution is -0.0644. The highest BCUT2D eigenvalue weighted by molar-refractivity contribution is 6.47. The summed E-state index contributed by atoms with van der Waals surface area (Å²) in [5.41, 5.74) is 1.15. The van der Waals surface area contributed by atoms with Crippen LogP contribution < -0.4 is 11.3 Å². The van der Waals surface area contributed by atoms with E-state index >= 15 is 0 Å². The van der Waals surface area contributed by atoms with Gasteiger partial charge in [0.1, 0.15) is 0 Å². The van der Waals surface area contributed by atoms with Crippen LogP contribution in [0.2, 0.25) is 0 Å². The molecule has 0 fully saturated rings. The number of anilines is 1. The van der Waals surface area contributed by atoms with Crippen LogP contribution in [0.15, 0.2) is 24.3 Å². The Kier molecular flexibility index (Phi) is 5.19. The lowest BCUT2D eigenvalue weighted by Gasteiger charge is -2.24. The van der Waals surface area contributed by atoms with E-state index in [4.69, 9.17) is 29.0 Å². The fourth-order valence-corrected chi connectivity index (χ4v) is 1.24. The lowest BCUT2D eigenvalue weighted by Crippen LogP contribution is -2.32. The fourth-order valence-electron chi connectivity index (χ4n) is 1.04. The molecule has 0 saturated heterocycles. The highest BCUT2D eigenvalue weighted by atomic mass is 35.5. The molecule has 92 valence electrons. The van der Waals surface area contributed by atoms with E-state index in [1.807, 2.05) is 5.43 Å². The zero-order valence-electron chi connectivity index (χ0n) is 7.68. The van der Waals surface area contributed by atoms with Crippen LogP contribution >= 0.6 is 35.6 Å². The van der Waals surface area contributed by atoms with Crippen molar-refractivity contribution < 1.29 is 13.2 Å². The third-order valence-electron chi connectivity index (χ3n) is 1.78. The number of hydrogen-bond acceptors (Lipinski definition) is 2. The van der Waals surface area contributed by atoms with Crippen LogP contribution in [0.3, 0.4) is 0 Å². The average Bonchev–Trinajstić information content (AvgIpc) is 2.16. The maximum atomic E-state index is 13.4. The Labute approximate surface area is 106 Å². The lowest BCUT2D eigenvalue weighted by atomic mass is 10.1. The maximum absolute atomic E-state index is 13.4. The minimum atomic E-state index is -4.06. The molecule has 2 nitrogen and oxygen atoms in total. The Morgan fingerprint density at radius 3 is 2.06 bits per heavy atom. The van der Waals surface area contributed by atoms with Gasteiger partial charge < -0.3 is 5.43 Å². The molecule has 0 heterocycles. The first kappa shape index (κ1) is 15.6. The van der Waals surface area contributed by atoms with Crippen LogP contribution in [0.25, 0.3) is 0 Å². The molecule has 0 atom stereocenters. The molecule has 8 heteroatoms. The number of nitrogens with one attached hydrogen (secondary N) is 1. The monoisotopic (exact) mass is 294 g/mol. The molecular weight excluding hydrogens is 287 g/mol. The summed E-state index contributed by atoms with van der Waals surface area (Å²) in [6, 6.07) is 4.98. The van der Waals surface area contributed by atoms with Gasteiger partial charge in [-0.2, -0.15) is 8.78 Å². The molecule has 0 amide bonds. The van der Waals surface area contributed by atoms with Gasteiger partial charge in [0, 0.05) is 0 Å². The predicted octanol–water partition coefficient (Wildman–Crippen LogP) is 3.59. The Hall–Kier alpha value is -0.360. The van der Waals surface area contributed by atoms with Crippen LogP contribution in [-0.4, -0.2) is 4.59 Å². The van der Waals surface area contributed by atoms with E-state index in [1.165, 1.54) is 18.2 Å². The SMILES string of the molecule is Cl.NNc1ccccc1C(F)(F)C(F)(Cl)Cl. The first-order chi connectivity index (χ1) is 6.80. The molecule has 0 radical (unpaired) electrons. The van der Waals surface area contributed by atoms with E-state index in [2.05, 4.69) is 0 Å². The number of nitrogen functional groups attached to an aromatic ring is 1. The van der Waals surface area contributed by atoms with Crippen molar-refractivity contribution in [3.05, 3.63) is 29.8 Å². The molecule has 1 aromatic carbocycles. The van der Waals surface area contributed by atoms with Gasteiger partial charge in [-0.15, -0.1) is 12.4 Å². The summed E-state index contributed by atoms with van der Waals surface area (Å²) < 4.78 is 35.9. The molecule has 0 unspecified atom stereocenters. The van der Waals surface area contributed by atoms with E-state index in [9.17, 15) is 13.2 Å². The van der Waals surface area contributed by atoms with Crippen LogP contribution in [-0.2, 0) is 5.92 Å². The number of para-hydroxylation sites is 1.